The minimum Gasteiger partial charge on any atom is -0.308 e. The first-order valence-corrected chi connectivity index (χ1v) is 7.70. The molecular formula is C15H26N2. The van der Waals surface area contributed by atoms with E-state index in [9.17, 15) is 0 Å². The lowest BCUT2D eigenvalue weighted by molar-refractivity contribution is 0.131. The first-order chi connectivity index (χ1) is 8.20. The van der Waals surface area contributed by atoms with Crippen molar-refractivity contribution in [3.05, 3.63) is 0 Å². The minimum absolute atomic E-state index is 0.753. The SMILES string of the molecule is CC(C)N1CCC2(CC1)CC2C1NC1C1CC1. The van der Waals surface area contributed by atoms with Gasteiger partial charge in [-0.25, -0.2) is 0 Å². The van der Waals surface area contributed by atoms with Gasteiger partial charge in [-0.15, -0.1) is 0 Å². The van der Waals surface area contributed by atoms with E-state index < -0.39 is 0 Å². The van der Waals surface area contributed by atoms with E-state index >= 15 is 0 Å². The third kappa shape index (κ3) is 1.76. The fourth-order valence-corrected chi connectivity index (χ4v) is 4.37. The third-order valence-electron chi connectivity index (χ3n) is 6.00. The molecule has 2 saturated carbocycles. The smallest absolute Gasteiger partial charge is 0.0261 e. The molecule has 2 nitrogen and oxygen atoms in total. The third-order valence-corrected chi connectivity index (χ3v) is 6.00. The number of nitrogens with one attached hydrogen (secondary N) is 1. The van der Waals surface area contributed by atoms with Crippen LogP contribution in [-0.4, -0.2) is 36.1 Å². The topological polar surface area (TPSA) is 25.2 Å². The lowest BCUT2D eigenvalue weighted by Gasteiger charge is -2.35. The maximum absolute atomic E-state index is 3.78. The number of hydrogen-bond donors (Lipinski definition) is 1. The number of rotatable bonds is 3. The van der Waals surface area contributed by atoms with Crippen LogP contribution in [0.15, 0.2) is 0 Å². The second-order valence-electron chi connectivity index (χ2n) is 7.36. The zero-order valence-corrected chi connectivity index (χ0v) is 11.3. The molecule has 4 fully saturated rings. The summed E-state index contributed by atoms with van der Waals surface area (Å²) in [5.74, 6) is 2.14. The maximum Gasteiger partial charge on any atom is 0.0261 e. The normalized spacial score (nSPS) is 44.3. The molecule has 2 aliphatic carbocycles. The van der Waals surface area contributed by atoms with Gasteiger partial charge < -0.3 is 10.2 Å². The average Bonchev–Trinajstić information content (AvgIpc) is 3.15. The van der Waals surface area contributed by atoms with E-state index in [-0.39, 0.29) is 0 Å². The molecule has 4 rings (SSSR count). The van der Waals surface area contributed by atoms with Gasteiger partial charge >= 0.3 is 0 Å². The number of piperidine rings is 1. The van der Waals surface area contributed by atoms with Crippen molar-refractivity contribution in [1.29, 1.82) is 0 Å². The van der Waals surface area contributed by atoms with E-state index in [4.69, 9.17) is 0 Å². The highest BCUT2D eigenvalue weighted by atomic mass is 15.2. The lowest BCUT2D eigenvalue weighted by atomic mass is 9.88. The summed E-state index contributed by atoms with van der Waals surface area (Å²) < 4.78 is 0. The van der Waals surface area contributed by atoms with E-state index in [2.05, 4.69) is 24.1 Å². The van der Waals surface area contributed by atoms with Crippen LogP contribution in [0.5, 0.6) is 0 Å². The Morgan fingerprint density at radius 3 is 2.41 bits per heavy atom. The summed E-state index contributed by atoms with van der Waals surface area (Å²) in [6, 6.07) is 2.64. The van der Waals surface area contributed by atoms with E-state index in [1.165, 1.54) is 38.8 Å². The molecule has 96 valence electrons. The van der Waals surface area contributed by atoms with E-state index in [1.54, 1.807) is 6.42 Å². The summed E-state index contributed by atoms with van der Waals surface area (Å²) in [4.78, 5) is 2.67. The molecule has 17 heavy (non-hydrogen) atoms. The van der Waals surface area contributed by atoms with Crippen molar-refractivity contribution in [2.45, 2.75) is 64.1 Å². The van der Waals surface area contributed by atoms with Crippen molar-refractivity contribution in [1.82, 2.24) is 10.2 Å². The summed E-state index contributed by atoms with van der Waals surface area (Å²) >= 11 is 0. The Labute approximate surface area is 105 Å². The van der Waals surface area contributed by atoms with E-state index in [0.717, 1.165) is 35.4 Å². The molecule has 0 radical (unpaired) electrons. The molecule has 3 atom stereocenters. The molecule has 2 heteroatoms. The number of likely N-dealkylation sites (tertiary alicyclic amines) is 1. The van der Waals surface area contributed by atoms with Gasteiger partial charge in [0.1, 0.15) is 0 Å². The molecule has 0 aromatic carbocycles. The fourth-order valence-electron chi connectivity index (χ4n) is 4.37. The zero-order valence-electron chi connectivity index (χ0n) is 11.3. The molecule has 0 bridgehead atoms. The van der Waals surface area contributed by atoms with E-state index in [0.29, 0.717) is 0 Å². The van der Waals surface area contributed by atoms with Crippen LogP contribution < -0.4 is 5.32 Å². The highest BCUT2D eigenvalue weighted by molar-refractivity contribution is 5.20. The van der Waals surface area contributed by atoms with Crippen LogP contribution in [0, 0.1) is 17.3 Å². The van der Waals surface area contributed by atoms with Gasteiger partial charge in [-0.2, -0.15) is 0 Å². The molecule has 0 amide bonds. The van der Waals surface area contributed by atoms with Crippen molar-refractivity contribution >= 4 is 0 Å². The van der Waals surface area contributed by atoms with Gasteiger partial charge in [0, 0.05) is 18.1 Å². The van der Waals surface area contributed by atoms with Crippen molar-refractivity contribution in [2.75, 3.05) is 13.1 Å². The Balaban J connectivity index is 1.32. The molecular weight excluding hydrogens is 208 g/mol. The van der Waals surface area contributed by atoms with Crippen molar-refractivity contribution in [2.24, 2.45) is 17.3 Å². The molecule has 2 heterocycles. The van der Waals surface area contributed by atoms with Crippen LogP contribution in [0.4, 0.5) is 0 Å². The first kappa shape index (κ1) is 10.8. The summed E-state index contributed by atoms with van der Waals surface area (Å²) in [6.07, 6.45) is 7.51. The Kier molecular flexibility index (Phi) is 2.21. The molecule has 4 aliphatic rings. The van der Waals surface area contributed by atoms with Crippen LogP contribution in [0.25, 0.3) is 0 Å². The van der Waals surface area contributed by atoms with Gasteiger partial charge in [-0.1, -0.05) is 0 Å². The number of nitrogens with zero attached hydrogens (tertiary/aromatic N) is 1. The quantitative estimate of drug-likeness (QED) is 0.758. The Morgan fingerprint density at radius 1 is 1.12 bits per heavy atom. The van der Waals surface area contributed by atoms with Crippen molar-refractivity contribution in [3.8, 4) is 0 Å². The largest absolute Gasteiger partial charge is 0.308 e. The van der Waals surface area contributed by atoms with Gasteiger partial charge in [0.15, 0.2) is 0 Å². The summed E-state index contributed by atoms with van der Waals surface area (Å²) in [7, 11) is 0. The predicted octanol–water partition coefficient (Wildman–Crippen LogP) is 2.25. The molecule has 2 saturated heterocycles. The van der Waals surface area contributed by atoms with Gasteiger partial charge in [0.2, 0.25) is 0 Å². The monoisotopic (exact) mass is 234 g/mol. The van der Waals surface area contributed by atoms with Gasteiger partial charge in [0.05, 0.1) is 0 Å². The maximum atomic E-state index is 3.78. The van der Waals surface area contributed by atoms with Gasteiger partial charge in [0.25, 0.3) is 0 Å². The molecule has 1 N–H and O–H groups in total. The number of hydrogen-bond acceptors (Lipinski definition) is 2. The van der Waals surface area contributed by atoms with Crippen molar-refractivity contribution in [3.63, 3.8) is 0 Å². The highest BCUT2D eigenvalue weighted by Gasteiger charge is 2.64. The van der Waals surface area contributed by atoms with Crippen LogP contribution in [-0.2, 0) is 0 Å². The van der Waals surface area contributed by atoms with Crippen LogP contribution in [0.2, 0.25) is 0 Å². The Hall–Kier alpha value is -0.0800. The van der Waals surface area contributed by atoms with Gasteiger partial charge in [-0.3, -0.25) is 0 Å². The van der Waals surface area contributed by atoms with Crippen LogP contribution >= 0.6 is 0 Å². The second-order valence-corrected chi connectivity index (χ2v) is 7.36. The van der Waals surface area contributed by atoms with E-state index in [1.807, 2.05) is 0 Å². The van der Waals surface area contributed by atoms with Crippen LogP contribution in [0.3, 0.4) is 0 Å². The summed E-state index contributed by atoms with van der Waals surface area (Å²) in [5, 5.41) is 3.78. The highest BCUT2D eigenvalue weighted by Crippen LogP contribution is 2.64. The molecule has 0 aromatic heterocycles. The zero-order chi connectivity index (χ0) is 11.6. The Morgan fingerprint density at radius 2 is 1.82 bits per heavy atom. The Bertz CT molecular complexity index is 313. The second kappa shape index (κ2) is 3.48. The lowest BCUT2D eigenvalue weighted by Crippen LogP contribution is -2.39. The molecule has 0 aromatic rings. The average molecular weight is 234 g/mol. The van der Waals surface area contributed by atoms with Crippen LogP contribution in [0.1, 0.15) is 46.0 Å². The fraction of sp³-hybridized carbons (Fsp3) is 1.00. The summed E-state index contributed by atoms with van der Waals surface area (Å²) in [5.41, 5.74) is 0.784. The summed E-state index contributed by atoms with van der Waals surface area (Å²) in [6.45, 7) is 7.39. The van der Waals surface area contributed by atoms with Gasteiger partial charge in [-0.05, 0) is 76.3 Å². The minimum atomic E-state index is 0.753. The molecule has 2 aliphatic heterocycles. The van der Waals surface area contributed by atoms with Crippen molar-refractivity contribution < 1.29 is 0 Å². The molecule has 3 unspecified atom stereocenters. The first-order valence-electron chi connectivity index (χ1n) is 7.70. The predicted molar refractivity (Wildman–Crippen MR) is 69.9 cm³/mol. The molecule has 1 spiro atoms. The standard InChI is InChI=1S/C15H26N2/c1-10(2)17-7-5-15(6-8-17)9-12(15)14-13(16-14)11-3-4-11/h10-14,16H,3-9H2,1-2H3.